The minimum atomic E-state index is -4.82. The highest BCUT2D eigenvalue weighted by Gasteiger charge is 2.36. The van der Waals surface area contributed by atoms with Crippen LogP contribution in [0.25, 0.3) is 0 Å². The van der Waals surface area contributed by atoms with E-state index in [-0.39, 0.29) is 36.0 Å². The molecule has 0 saturated carbocycles. The van der Waals surface area contributed by atoms with Crippen LogP contribution in [0.4, 0.5) is 24.7 Å². The van der Waals surface area contributed by atoms with Crippen molar-refractivity contribution in [1.29, 1.82) is 5.26 Å². The number of anilines is 2. The molecule has 0 spiro atoms. The van der Waals surface area contributed by atoms with Crippen LogP contribution in [0.5, 0.6) is 0 Å². The Hall–Kier alpha value is -5.77. The van der Waals surface area contributed by atoms with Crippen LogP contribution in [-0.4, -0.2) is 62.5 Å². The number of hydrogen-bond donors (Lipinski definition) is 3. The van der Waals surface area contributed by atoms with Crippen LogP contribution in [0.3, 0.4) is 0 Å². The van der Waals surface area contributed by atoms with Gasteiger partial charge in [-0.3, -0.25) is 29.2 Å². The molecule has 3 N–H and O–H groups in total. The number of carbonyl (C=O) groups excluding carboxylic acids is 4. The lowest BCUT2D eigenvalue weighted by Crippen LogP contribution is -2.52. The first-order chi connectivity index (χ1) is 21.7. The third-order valence-electron chi connectivity index (χ3n) is 7.41. The molecule has 1 unspecified atom stereocenters. The Bertz CT molecular complexity index is 1830. The molecule has 236 valence electrons. The number of nitriles is 1. The van der Waals surface area contributed by atoms with Gasteiger partial charge in [-0.1, -0.05) is 17.9 Å². The molecular weight excluding hydrogens is 607 g/mol. The SMILES string of the molecule is CC(C)(C(=O)Nc1cnc(C#N)c(C(F)(F)F)c1)n1cc(C#CC2CN(c3cccc(C(=O)NC4CCC(=O)NC4=O)n3)C2)cn1. The quantitative estimate of drug-likeness (QED) is 0.271. The topological polar surface area (TPSA) is 175 Å². The van der Waals surface area contributed by atoms with Crippen molar-refractivity contribution in [3.05, 3.63) is 65.4 Å². The smallest absolute Gasteiger partial charge is 0.354 e. The number of imide groups is 1. The molecule has 2 aliphatic heterocycles. The van der Waals surface area contributed by atoms with Gasteiger partial charge in [-0.05, 0) is 38.5 Å². The number of rotatable bonds is 6. The molecule has 2 saturated heterocycles. The van der Waals surface area contributed by atoms with Gasteiger partial charge >= 0.3 is 6.18 Å². The van der Waals surface area contributed by atoms with E-state index in [9.17, 15) is 32.3 Å². The lowest BCUT2D eigenvalue weighted by molar-refractivity contribution is -0.138. The first-order valence-corrected chi connectivity index (χ1v) is 14.0. The second-order valence-electron chi connectivity index (χ2n) is 11.1. The Balaban J connectivity index is 1.17. The van der Waals surface area contributed by atoms with Crippen molar-refractivity contribution in [3.8, 4) is 17.9 Å². The van der Waals surface area contributed by atoms with E-state index in [1.165, 1.54) is 36.9 Å². The molecule has 16 heteroatoms. The van der Waals surface area contributed by atoms with Gasteiger partial charge < -0.3 is 15.5 Å². The number of halogens is 3. The van der Waals surface area contributed by atoms with E-state index < -0.39 is 46.7 Å². The van der Waals surface area contributed by atoms with Crippen LogP contribution in [-0.2, 0) is 26.1 Å². The van der Waals surface area contributed by atoms with Crippen LogP contribution in [0.15, 0.2) is 42.9 Å². The van der Waals surface area contributed by atoms with Crippen molar-refractivity contribution in [2.45, 2.75) is 44.4 Å². The standard InChI is InChI=1S/C30H26F3N9O4/c1-29(2,28(46)37-19-10-20(30(31,32)33)23(11-34)35-13-19)42-16-17(12-36-42)6-7-18-14-41(15-18)24-5-3-4-21(38-24)26(44)39-22-8-9-25(43)40-27(22)45/h3-5,10,12-13,16,18,22H,8-9,14-15H2,1-2H3,(H,37,46)(H,39,44)(H,40,43,45). The molecule has 4 amide bonds. The van der Waals surface area contributed by atoms with E-state index in [4.69, 9.17) is 5.26 Å². The number of amides is 4. The van der Waals surface area contributed by atoms with E-state index in [1.807, 2.05) is 4.90 Å². The zero-order chi connectivity index (χ0) is 33.2. The average molecular weight is 634 g/mol. The van der Waals surface area contributed by atoms with Gasteiger partial charge in [0, 0.05) is 25.7 Å². The Labute approximate surface area is 260 Å². The van der Waals surface area contributed by atoms with Crippen molar-refractivity contribution >= 4 is 35.1 Å². The zero-order valence-electron chi connectivity index (χ0n) is 24.5. The van der Waals surface area contributed by atoms with Gasteiger partial charge in [0.25, 0.3) is 11.8 Å². The number of aromatic nitrogens is 4. The summed E-state index contributed by atoms with van der Waals surface area (Å²) in [5, 5.41) is 20.3. The Morgan fingerprint density at radius 2 is 1.91 bits per heavy atom. The summed E-state index contributed by atoms with van der Waals surface area (Å²) in [5.41, 5.74) is -2.94. The largest absolute Gasteiger partial charge is 0.419 e. The van der Waals surface area contributed by atoms with Gasteiger partial charge in [0.2, 0.25) is 11.8 Å². The first-order valence-electron chi connectivity index (χ1n) is 14.0. The fraction of sp³-hybridized carbons (Fsp3) is 0.333. The van der Waals surface area contributed by atoms with Crippen LogP contribution >= 0.6 is 0 Å². The fourth-order valence-electron chi connectivity index (χ4n) is 4.65. The van der Waals surface area contributed by atoms with Crippen molar-refractivity contribution in [3.63, 3.8) is 0 Å². The van der Waals surface area contributed by atoms with E-state index in [1.54, 1.807) is 18.3 Å². The van der Waals surface area contributed by atoms with Gasteiger partial charge in [-0.25, -0.2) is 9.97 Å². The molecule has 0 radical (unpaired) electrons. The highest BCUT2D eigenvalue weighted by Crippen LogP contribution is 2.33. The summed E-state index contributed by atoms with van der Waals surface area (Å²) in [5.74, 6) is 4.58. The zero-order valence-corrected chi connectivity index (χ0v) is 24.5. The minimum Gasteiger partial charge on any atom is -0.354 e. The molecule has 0 aliphatic carbocycles. The van der Waals surface area contributed by atoms with Gasteiger partial charge in [0.1, 0.15) is 29.2 Å². The summed E-state index contributed by atoms with van der Waals surface area (Å²) >= 11 is 0. The maximum absolute atomic E-state index is 13.3. The molecule has 0 aromatic carbocycles. The highest BCUT2D eigenvalue weighted by molar-refractivity contribution is 6.03. The van der Waals surface area contributed by atoms with Gasteiger partial charge in [0.15, 0.2) is 5.69 Å². The van der Waals surface area contributed by atoms with Crippen LogP contribution in [0, 0.1) is 29.1 Å². The van der Waals surface area contributed by atoms with Crippen LogP contribution in [0.2, 0.25) is 0 Å². The predicted octanol–water partition coefficient (Wildman–Crippen LogP) is 1.96. The van der Waals surface area contributed by atoms with E-state index in [0.29, 0.717) is 30.5 Å². The number of pyridine rings is 2. The first kappa shape index (κ1) is 31.6. The average Bonchev–Trinajstić information content (AvgIpc) is 3.47. The molecule has 13 nitrogen and oxygen atoms in total. The van der Waals surface area contributed by atoms with Crippen molar-refractivity contribution in [2.75, 3.05) is 23.3 Å². The molecule has 2 fully saturated rings. The summed E-state index contributed by atoms with van der Waals surface area (Å²) in [6, 6.07) is 6.20. The second kappa shape index (κ2) is 12.3. The Kier molecular flexibility index (Phi) is 8.47. The molecule has 1 atom stereocenters. The number of alkyl halides is 3. The molecule has 3 aromatic heterocycles. The molecule has 3 aromatic rings. The third kappa shape index (κ3) is 6.81. The number of nitrogens with zero attached hydrogens (tertiary/aromatic N) is 6. The molecule has 0 bridgehead atoms. The Morgan fingerprint density at radius 3 is 2.61 bits per heavy atom. The molecule has 46 heavy (non-hydrogen) atoms. The third-order valence-corrected chi connectivity index (χ3v) is 7.41. The van der Waals surface area contributed by atoms with Crippen LogP contribution < -0.4 is 20.9 Å². The van der Waals surface area contributed by atoms with Gasteiger partial charge in [-0.2, -0.15) is 23.5 Å². The van der Waals surface area contributed by atoms with Crippen molar-refractivity contribution in [1.82, 2.24) is 30.4 Å². The normalized spacial score (nSPS) is 16.8. The summed E-state index contributed by atoms with van der Waals surface area (Å²) in [4.78, 5) is 58.8. The maximum Gasteiger partial charge on any atom is 0.419 e. The van der Waals surface area contributed by atoms with Crippen molar-refractivity contribution in [2.24, 2.45) is 5.92 Å². The second-order valence-corrected chi connectivity index (χ2v) is 11.1. The lowest BCUT2D eigenvalue weighted by Gasteiger charge is -2.37. The predicted molar refractivity (Wildman–Crippen MR) is 155 cm³/mol. The lowest BCUT2D eigenvalue weighted by atomic mass is 10.0. The van der Waals surface area contributed by atoms with Gasteiger partial charge in [-0.15, -0.1) is 0 Å². The van der Waals surface area contributed by atoms with Crippen LogP contribution in [0.1, 0.15) is 54.0 Å². The molecule has 2 aliphatic rings. The number of hydrogen-bond acceptors (Lipinski definition) is 9. The molecular formula is C30H26F3N9O4. The number of carbonyl (C=O) groups is 4. The van der Waals surface area contributed by atoms with E-state index in [0.717, 1.165) is 6.20 Å². The summed E-state index contributed by atoms with van der Waals surface area (Å²) in [6.45, 7) is 4.15. The number of nitrogens with one attached hydrogen (secondary N) is 3. The highest BCUT2D eigenvalue weighted by atomic mass is 19.4. The fourth-order valence-corrected chi connectivity index (χ4v) is 4.65. The summed E-state index contributed by atoms with van der Waals surface area (Å²) in [7, 11) is 0. The van der Waals surface area contributed by atoms with E-state index >= 15 is 0 Å². The van der Waals surface area contributed by atoms with Gasteiger partial charge in [0.05, 0.1) is 35.1 Å². The van der Waals surface area contributed by atoms with Crippen molar-refractivity contribution < 1.29 is 32.3 Å². The number of piperidine rings is 1. The monoisotopic (exact) mass is 633 g/mol. The molecule has 5 heterocycles. The minimum absolute atomic E-state index is 0.0193. The molecule has 5 rings (SSSR count). The van der Waals surface area contributed by atoms with E-state index in [2.05, 4.69) is 42.9 Å². The summed E-state index contributed by atoms with van der Waals surface area (Å²) in [6.07, 6.45) is -0.470. The Morgan fingerprint density at radius 1 is 1.15 bits per heavy atom. The maximum atomic E-state index is 13.3. The summed E-state index contributed by atoms with van der Waals surface area (Å²) < 4.78 is 41.2.